The number of fused-ring (bicyclic) bond motifs is 1. The molecule has 0 atom stereocenters. The molecule has 0 saturated heterocycles. The van der Waals surface area contributed by atoms with Crippen molar-refractivity contribution in [2.24, 2.45) is 0 Å². The zero-order valence-electron chi connectivity index (χ0n) is 15.7. The molecule has 26 heavy (non-hydrogen) atoms. The molecule has 0 aromatic heterocycles. The minimum atomic E-state index is 0.678. The van der Waals surface area contributed by atoms with Crippen molar-refractivity contribution in [2.45, 2.75) is 58.3 Å². The van der Waals surface area contributed by atoms with Crippen molar-refractivity contribution in [3.63, 3.8) is 0 Å². The molecule has 0 bridgehead atoms. The van der Waals surface area contributed by atoms with Crippen LogP contribution in [0.15, 0.2) is 30.3 Å². The summed E-state index contributed by atoms with van der Waals surface area (Å²) in [5.74, 6) is 2.39. The van der Waals surface area contributed by atoms with Crippen LogP contribution in [0.2, 0.25) is 5.02 Å². The van der Waals surface area contributed by atoms with Gasteiger partial charge in [0, 0.05) is 11.3 Å². The first-order chi connectivity index (χ1) is 12.8. The summed E-state index contributed by atoms with van der Waals surface area (Å²) >= 11 is 12.2. The Morgan fingerprint density at radius 1 is 0.808 bits per heavy atom. The van der Waals surface area contributed by atoms with E-state index in [4.69, 9.17) is 32.7 Å². The first-order valence-corrected chi connectivity index (χ1v) is 10.7. The monoisotopic (exact) mass is 396 g/mol. The first-order valence-electron chi connectivity index (χ1n) is 9.80. The average molecular weight is 397 g/mol. The van der Waals surface area contributed by atoms with Crippen LogP contribution in [0.1, 0.15) is 58.3 Å². The maximum Gasteiger partial charge on any atom is 0.138 e. The van der Waals surface area contributed by atoms with Crippen LogP contribution < -0.4 is 9.47 Å². The van der Waals surface area contributed by atoms with Crippen molar-refractivity contribution in [1.82, 2.24) is 0 Å². The highest BCUT2D eigenvalue weighted by atomic mass is 35.5. The van der Waals surface area contributed by atoms with Crippen LogP contribution in [0, 0.1) is 0 Å². The number of hydrogen-bond acceptors (Lipinski definition) is 2. The summed E-state index contributed by atoms with van der Waals surface area (Å²) in [6, 6.07) is 10.1. The fourth-order valence-corrected chi connectivity index (χ4v) is 3.38. The molecule has 0 fully saturated rings. The van der Waals surface area contributed by atoms with E-state index in [9.17, 15) is 0 Å². The van der Waals surface area contributed by atoms with Gasteiger partial charge in [0.05, 0.1) is 18.2 Å². The number of rotatable bonds is 13. The van der Waals surface area contributed by atoms with Crippen LogP contribution in [-0.4, -0.2) is 19.1 Å². The fourth-order valence-electron chi connectivity index (χ4n) is 2.90. The van der Waals surface area contributed by atoms with Crippen molar-refractivity contribution in [1.29, 1.82) is 0 Å². The van der Waals surface area contributed by atoms with E-state index in [0.717, 1.165) is 66.9 Å². The Labute approximate surface area is 167 Å². The third-order valence-corrected chi connectivity index (χ3v) is 5.10. The Morgan fingerprint density at radius 2 is 1.54 bits per heavy atom. The van der Waals surface area contributed by atoms with Gasteiger partial charge in [-0.05, 0) is 48.9 Å². The van der Waals surface area contributed by atoms with Gasteiger partial charge in [0.15, 0.2) is 0 Å². The van der Waals surface area contributed by atoms with E-state index in [0.29, 0.717) is 11.6 Å². The van der Waals surface area contributed by atoms with Crippen molar-refractivity contribution < 1.29 is 9.47 Å². The second-order valence-electron chi connectivity index (χ2n) is 6.62. The van der Waals surface area contributed by atoms with Crippen LogP contribution in [-0.2, 0) is 0 Å². The third kappa shape index (κ3) is 6.89. The molecule has 0 saturated carbocycles. The predicted molar refractivity (Wildman–Crippen MR) is 113 cm³/mol. The van der Waals surface area contributed by atoms with Gasteiger partial charge in [0.25, 0.3) is 0 Å². The average Bonchev–Trinajstić information content (AvgIpc) is 2.66. The van der Waals surface area contributed by atoms with Crippen molar-refractivity contribution >= 4 is 34.0 Å². The Morgan fingerprint density at radius 3 is 2.31 bits per heavy atom. The lowest BCUT2D eigenvalue weighted by molar-refractivity contribution is 0.304. The number of benzene rings is 2. The summed E-state index contributed by atoms with van der Waals surface area (Å²) in [6.07, 6.45) is 9.22. The molecule has 2 rings (SSSR count). The van der Waals surface area contributed by atoms with E-state index in [1.165, 1.54) is 19.3 Å². The largest absolute Gasteiger partial charge is 0.494 e. The summed E-state index contributed by atoms with van der Waals surface area (Å²) in [5, 5.41) is 2.76. The molecule has 0 aliphatic rings. The molecule has 0 radical (unpaired) electrons. The molecule has 4 heteroatoms. The van der Waals surface area contributed by atoms with Gasteiger partial charge in [-0.25, -0.2) is 0 Å². The van der Waals surface area contributed by atoms with Crippen LogP contribution in [0.25, 0.3) is 10.8 Å². The Bertz CT molecular complexity index is 658. The van der Waals surface area contributed by atoms with Gasteiger partial charge in [-0.3, -0.25) is 0 Å². The first kappa shape index (κ1) is 21.2. The SMILES string of the molecule is CCCCCCOc1ccc2c(Cl)c(OCCCCCCCl)ccc2c1. The van der Waals surface area contributed by atoms with E-state index in [2.05, 4.69) is 13.0 Å². The lowest BCUT2D eigenvalue weighted by Gasteiger charge is -2.12. The molecule has 144 valence electrons. The third-order valence-electron chi connectivity index (χ3n) is 4.44. The van der Waals surface area contributed by atoms with Gasteiger partial charge in [-0.2, -0.15) is 0 Å². The normalized spacial score (nSPS) is 11.0. The predicted octanol–water partition coefficient (Wildman–Crippen LogP) is 7.63. The van der Waals surface area contributed by atoms with Gasteiger partial charge in [0.2, 0.25) is 0 Å². The lowest BCUT2D eigenvalue weighted by Crippen LogP contribution is -1.99. The number of unbranched alkanes of at least 4 members (excludes halogenated alkanes) is 6. The standard InChI is InChI=1S/C22H30Cl2O2/c1-2-3-4-8-15-25-19-11-12-20-18(17-19)10-13-21(22(20)24)26-16-9-6-5-7-14-23/h10-13,17H,2-9,14-16H2,1H3. The van der Waals surface area contributed by atoms with E-state index in [1.807, 2.05) is 24.3 Å². The molecule has 2 aromatic rings. The molecule has 0 N–H and O–H groups in total. The van der Waals surface area contributed by atoms with E-state index in [1.54, 1.807) is 0 Å². The quantitative estimate of drug-likeness (QED) is 0.255. The molecule has 2 aromatic carbocycles. The van der Waals surface area contributed by atoms with Gasteiger partial charge < -0.3 is 9.47 Å². The summed E-state index contributed by atoms with van der Waals surface area (Å²) in [6.45, 7) is 3.67. The van der Waals surface area contributed by atoms with Crippen molar-refractivity contribution in [3.8, 4) is 11.5 Å². The molecule has 2 nitrogen and oxygen atoms in total. The van der Waals surface area contributed by atoms with Crippen molar-refractivity contribution in [2.75, 3.05) is 19.1 Å². The van der Waals surface area contributed by atoms with Crippen LogP contribution >= 0.6 is 23.2 Å². The molecule has 0 aliphatic heterocycles. The second kappa shape index (κ2) is 12.3. The Balaban J connectivity index is 1.88. The smallest absolute Gasteiger partial charge is 0.138 e. The summed E-state index contributed by atoms with van der Waals surface area (Å²) in [4.78, 5) is 0. The highest BCUT2D eigenvalue weighted by Gasteiger charge is 2.08. The molecule has 0 unspecified atom stereocenters. The van der Waals surface area contributed by atoms with Crippen LogP contribution in [0.4, 0.5) is 0 Å². The number of halogens is 2. The molecular formula is C22H30Cl2O2. The van der Waals surface area contributed by atoms with Gasteiger partial charge >= 0.3 is 0 Å². The van der Waals surface area contributed by atoms with Gasteiger partial charge in [0.1, 0.15) is 11.5 Å². The zero-order valence-corrected chi connectivity index (χ0v) is 17.2. The van der Waals surface area contributed by atoms with E-state index in [-0.39, 0.29) is 0 Å². The molecular weight excluding hydrogens is 367 g/mol. The second-order valence-corrected chi connectivity index (χ2v) is 7.38. The molecule has 0 spiro atoms. The highest BCUT2D eigenvalue weighted by Crippen LogP contribution is 2.34. The topological polar surface area (TPSA) is 18.5 Å². The maximum absolute atomic E-state index is 6.53. The Hall–Kier alpha value is -1.12. The van der Waals surface area contributed by atoms with Crippen LogP contribution in [0.3, 0.4) is 0 Å². The number of hydrogen-bond donors (Lipinski definition) is 0. The molecule has 0 aliphatic carbocycles. The molecule has 0 heterocycles. The van der Waals surface area contributed by atoms with Gasteiger partial charge in [-0.1, -0.05) is 56.7 Å². The summed E-state index contributed by atoms with van der Waals surface area (Å²) in [5.41, 5.74) is 0. The van der Waals surface area contributed by atoms with Crippen molar-refractivity contribution in [3.05, 3.63) is 35.4 Å². The summed E-state index contributed by atoms with van der Waals surface area (Å²) in [7, 11) is 0. The van der Waals surface area contributed by atoms with Crippen LogP contribution in [0.5, 0.6) is 11.5 Å². The minimum Gasteiger partial charge on any atom is -0.494 e. The van der Waals surface area contributed by atoms with E-state index >= 15 is 0 Å². The van der Waals surface area contributed by atoms with E-state index < -0.39 is 0 Å². The minimum absolute atomic E-state index is 0.678. The highest BCUT2D eigenvalue weighted by molar-refractivity contribution is 6.37. The van der Waals surface area contributed by atoms with Gasteiger partial charge in [-0.15, -0.1) is 11.6 Å². The Kier molecular flexibility index (Phi) is 10.0. The fraction of sp³-hybridized carbons (Fsp3) is 0.545. The number of alkyl halides is 1. The number of ether oxygens (including phenoxy) is 2. The lowest BCUT2D eigenvalue weighted by atomic mass is 10.1. The molecule has 0 amide bonds. The zero-order chi connectivity index (χ0) is 18.6. The summed E-state index contributed by atoms with van der Waals surface area (Å²) < 4.78 is 11.7. The maximum atomic E-state index is 6.53.